The van der Waals surface area contributed by atoms with Gasteiger partial charge in [0.2, 0.25) is 0 Å². The van der Waals surface area contributed by atoms with Crippen molar-refractivity contribution in [3.63, 3.8) is 0 Å². The SMILES string of the molecule is Cc1[nH]nc2cc(F)c(-c3cc(OC[C@@H](N)Cc4c[nH]c5ccccc45)cnc3-c3ccccc3O)cc12. The van der Waals surface area contributed by atoms with Crippen molar-refractivity contribution < 1.29 is 14.2 Å². The topological polar surface area (TPSA) is 113 Å². The number of aromatic nitrogens is 4. The summed E-state index contributed by atoms with van der Waals surface area (Å²) in [5, 5.41) is 19.5. The van der Waals surface area contributed by atoms with E-state index in [-0.39, 0.29) is 18.4 Å². The Labute approximate surface area is 218 Å². The van der Waals surface area contributed by atoms with Crippen molar-refractivity contribution in [1.29, 1.82) is 0 Å². The fraction of sp³-hybridized carbons (Fsp3) is 0.133. The van der Waals surface area contributed by atoms with Crippen molar-refractivity contribution in [3.05, 3.63) is 96.2 Å². The lowest BCUT2D eigenvalue weighted by atomic mass is 9.96. The van der Waals surface area contributed by atoms with Crippen LogP contribution in [0.2, 0.25) is 0 Å². The number of pyridine rings is 1. The Hall–Kier alpha value is -4.69. The number of benzene rings is 3. The van der Waals surface area contributed by atoms with Gasteiger partial charge in [-0.05, 0) is 49.2 Å². The Morgan fingerprint density at radius 3 is 2.68 bits per heavy atom. The molecule has 0 saturated heterocycles. The van der Waals surface area contributed by atoms with Gasteiger partial charge >= 0.3 is 0 Å². The van der Waals surface area contributed by atoms with E-state index in [4.69, 9.17) is 10.5 Å². The zero-order valence-corrected chi connectivity index (χ0v) is 20.7. The largest absolute Gasteiger partial charge is 0.507 e. The van der Waals surface area contributed by atoms with Crippen LogP contribution in [-0.2, 0) is 6.42 Å². The number of hydrogen-bond donors (Lipinski definition) is 4. The number of aromatic hydroxyl groups is 1. The number of nitrogens with one attached hydrogen (secondary N) is 2. The standard InChI is InChI=1S/C30H26FN5O2/c1-17-23-12-24(26(31)13-28(23)36-35-17)25-11-20(15-34-30(25)22-7-3-5-9-29(22)37)38-16-19(32)10-18-14-33-27-8-4-2-6-21(18)27/h2-9,11-15,19,33,37H,10,16,32H2,1H3,(H,35,36)/t19-/m0/s1. The zero-order valence-electron chi connectivity index (χ0n) is 20.7. The van der Waals surface area contributed by atoms with Crippen LogP contribution in [0.5, 0.6) is 11.5 Å². The van der Waals surface area contributed by atoms with E-state index in [1.165, 1.54) is 6.07 Å². The molecular formula is C30H26FN5O2. The molecule has 0 saturated carbocycles. The Kier molecular flexibility index (Phi) is 6.01. The monoisotopic (exact) mass is 507 g/mol. The summed E-state index contributed by atoms with van der Waals surface area (Å²) in [6.45, 7) is 2.13. The van der Waals surface area contributed by atoms with E-state index in [1.54, 1.807) is 42.6 Å². The van der Waals surface area contributed by atoms with Gasteiger partial charge in [-0.25, -0.2) is 4.39 Å². The summed E-state index contributed by atoms with van der Waals surface area (Å²) in [6, 6.07) is 19.6. The molecule has 0 aliphatic carbocycles. The van der Waals surface area contributed by atoms with E-state index >= 15 is 4.39 Å². The van der Waals surface area contributed by atoms with E-state index in [2.05, 4.69) is 26.2 Å². The number of phenolic OH excluding ortho intramolecular Hbond substituents is 1. The average molecular weight is 508 g/mol. The highest BCUT2D eigenvalue weighted by Crippen LogP contribution is 2.39. The molecule has 0 aliphatic rings. The molecule has 6 rings (SSSR count). The Morgan fingerprint density at radius 2 is 1.82 bits per heavy atom. The van der Waals surface area contributed by atoms with Crippen molar-refractivity contribution >= 4 is 21.8 Å². The Morgan fingerprint density at radius 1 is 1.00 bits per heavy atom. The second-order valence-corrected chi connectivity index (χ2v) is 9.42. The van der Waals surface area contributed by atoms with Gasteiger partial charge in [-0.3, -0.25) is 10.1 Å². The number of H-pyrrole nitrogens is 2. The molecule has 1 atom stereocenters. The Bertz CT molecular complexity index is 1770. The van der Waals surface area contributed by atoms with Gasteiger partial charge in [-0.15, -0.1) is 0 Å². The first-order chi connectivity index (χ1) is 18.5. The lowest BCUT2D eigenvalue weighted by Gasteiger charge is -2.16. The van der Waals surface area contributed by atoms with Crippen LogP contribution in [0.3, 0.4) is 0 Å². The molecule has 0 unspecified atom stereocenters. The van der Waals surface area contributed by atoms with Gasteiger partial charge < -0.3 is 20.6 Å². The number of hydrogen-bond acceptors (Lipinski definition) is 5. The number of ether oxygens (including phenoxy) is 1. The molecule has 0 fully saturated rings. The average Bonchev–Trinajstić information content (AvgIpc) is 3.50. The first-order valence-corrected chi connectivity index (χ1v) is 12.3. The number of nitrogens with zero attached hydrogens (tertiary/aromatic N) is 2. The molecule has 6 aromatic rings. The Balaban J connectivity index is 1.33. The fourth-order valence-corrected chi connectivity index (χ4v) is 4.83. The van der Waals surface area contributed by atoms with E-state index in [0.29, 0.717) is 40.1 Å². The first-order valence-electron chi connectivity index (χ1n) is 12.3. The van der Waals surface area contributed by atoms with Crippen molar-refractivity contribution in [2.45, 2.75) is 19.4 Å². The van der Waals surface area contributed by atoms with Gasteiger partial charge in [0.05, 0.1) is 17.4 Å². The molecule has 0 bridgehead atoms. The quantitative estimate of drug-likeness (QED) is 0.216. The summed E-state index contributed by atoms with van der Waals surface area (Å²) in [5.41, 5.74) is 11.7. The van der Waals surface area contributed by atoms with Gasteiger partial charge in [0, 0.05) is 57.0 Å². The highest BCUT2D eigenvalue weighted by Gasteiger charge is 2.19. The minimum absolute atomic E-state index is 0.0525. The summed E-state index contributed by atoms with van der Waals surface area (Å²) in [6.07, 6.45) is 4.18. The summed E-state index contributed by atoms with van der Waals surface area (Å²) in [7, 11) is 0. The van der Waals surface area contributed by atoms with E-state index in [0.717, 1.165) is 27.5 Å². The number of aromatic amines is 2. The normalized spacial score (nSPS) is 12.3. The number of phenols is 1. The number of para-hydroxylation sites is 2. The minimum atomic E-state index is -0.448. The van der Waals surface area contributed by atoms with Crippen LogP contribution in [0.1, 0.15) is 11.3 Å². The molecule has 0 aliphatic heterocycles. The van der Waals surface area contributed by atoms with Crippen molar-refractivity contribution in [2.24, 2.45) is 5.73 Å². The third kappa shape index (κ3) is 4.35. The molecule has 5 N–H and O–H groups in total. The zero-order chi connectivity index (χ0) is 26.2. The molecule has 8 heteroatoms. The molecule has 0 radical (unpaired) electrons. The van der Waals surface area contributed by atoms with E-state index in [1.807, 2.05) is 31.3 Å². The molecule has 38 heavy (non-hydrogen) atoms. The molecule has 3 heterocycles. The second kappa shape index (κ2) is 9.64. The lowest BCUT2D eigenvalue weighted by Crippen LogP contribution is -2.30. The maximum atomic E-state index is 15.4. The molecule has 190 valence electrons. The lowest BCUT2D eigenvalue weighted by molar-refractivity contribution is 0.287. The van der Waals surface area contributed by atoms with Crippen LogP contribution in [0.25, 0.3) is 44.2 Å². The summed E-state index contributed by atoms with van der Waals surface area (Å²) in [4.78, 5) is 7.86. The van der Waals surface area contributed by atoms with Crippen LogP contribution in [-0.4, -0.2) is 37.9 Å². The van der Waals surface area contributed by atoms with Crippen LogP contribution in [0.15, 0.2) is 79.1 Å². The summed E-state index contributed by atoms with van der Waals surface area (Å²) < 4.78 is 21.4. The van der Waals surface area contributed by atoms with Gasteiger partial charge in [0.1, 0.15) is 23.9 Å². The number of rotatable bonds is 7. The molecule has 3 aromatic heterocycles. The molecular weight excluding hydrogens is 481 g/mol. The molecule has 3 aromatic carbocycles. The third-order valence-electron chi connectivity index (χ3n) is 6.77. The smallest absolute Gasteiger partial charge is 0.138 e. The maximum absolute atomic E-state index is 15.4. The summed E-state index contributed by atoms with van der Waals surface area (Å²) >= 11 is 0. The highest BCUT2D eigenvalue weighted by atomic mass is 19.1. The van der Waals surface area contributed by atoms with Crippen molar-refractivity contribution in [1.82, 2.24) is 20.2 Å². The molecule has 7 nitrogen and oxygen atoms in total. The molecule has 0 amide bonds. The number of halogens is 1. The van der Waals surface area contributed by atoms with Crippen molar-refractivity contribution in [2.75, 3.05) is 6.61 Å². The van der Waals surface area contributed by atoms with Crippen LogP contribution in [0.4, 0.5) is 4.39 Å². The summed E-state index contributed by atoms with van der Waals surface area (Å²) in [5.74, 6) is 0.0595. The predicted molar refractivity (Wildman–Crippen MR) is 147 cm³/mol. The fourth-order valence-electron chi connectivity index (χ4n) is 4.83. The number of aryl methyl sites for hydroxylation is 1. The first kappa shape index (κ1) is 23.7. The number of nitrogens with two attached hydrogens (primary N) is 1. The van der Waals surface area contributed by atoms with Gasteiger partial charge in [-0.1, -0.05) is 30.3 Å². The van der Waals surface area contributed by atoms with E-state index in [9.17, 15) is 5.11 Å². The van der Waals surface area contributed by atoms with E-state index < -0.39 is 5.82 Å². The minimum Gasteiger partial charge on any atom is -0.507 e. The van der Waals surface area contributed by atoms with Crippen molar-refractivity contribution in [3.8, 4) is 33.9 Å². The van der Waals surface area contributed by atoms with Crippen LogP contribution in [0, 0.1) is 12.7 Å². The highest BCUT2D eigenvalue weighted by molar-refractivity contribution is 5.91. The van der Waals surface area contributed by atoms with Crippen LogP contribution < -0.4 is 10.5 Å². The number of fused-ring (bicyclic) bond motifs is 2. The maximum Gasteiger partial charge on any atom is 0.138 e. The van der Waals surface area contributed by atoms with Gasteiger partial charge in [0.15, 0.2) is 0 Å². The molecule has 0 spiro atoms. The third-order valence-corrected chi connectivity index (χ3v) is 6.77. The van der Waals surface area contributed by atoms with Gasteiger partial charge in [-0.2, -0.15) is 5.10 Å². The van der Waals surface area contributed by atoms with Crippen LogP contribution >= 0.6 is 0 Å². The second-order valence-electron chi connectivity index (χ2n) is 9.42. The predicted octanol–water partition coefficient (Wildman–Crippen LogP) is 5.88. The van der Waals surface area contributed by atoms with Gasteiger partial charge in [0.25, 0.3) is 0 Å².